The van der Waals surface area contributed by atoms with Gasteiger partial charge in [-0.05, 0) is 12.5 Å². The zero-order valence-corrected chi connectivity index (χ0v) is 18.1. The number of aromatic nitrogens is 4. The van der Waals surface area contributed by atoms with Crippen LogP contribution in [0.25, 0.3) is 11.2 Å². The third kappa shape index (κ3) is 4.29. The molecule has 1 aromatic carbocycles. The predicted molar refractivity (Wildman–Crippen MR) is 115 cm³/mol. The smallest absolute Gasteiger partial charge is 0.387 e. The number of hydrogen-bond donors (Lipinski definition) is 5. The van der Waals surface area contributed by atoms with E-state index in [-0.39, 0.29) is 30.3 Å². The second-order valence-corrected chi connectivity index (χ2v) is 9.68. The van der Waals surface area contributed by atoms with Gasteiger partial charge in [-0.25, -0.2) is 14.6 Å². The number of aliphatic hydroxyl groups excluding tert-OH is 1. The highest BCUT2D eigenvalue weighted by Crippen LogP contribution is 2.44. The number of H-pyrrole nitrogens is 1. The summed E-state index contributed by atoms with van der Waals surface area (Å²) in [6.07, 6.45) is -2.35. The van der Waals surface area contributed by atoms with Crippen LogP contribution in [0, 0.1) is 6.66 Å². The molecule has 3 heterocycles. The van der Waals surface area contributed by atoms with Crippen LogP contribution in [0.1, 0.15) is 18.7 Å². The number of ether oxygens (including phenoxy) is 1. The van der Waals surface area contributed by atoms with E-state index in [9.17, 15) is 19.6 Å². The van der Waals surface area contributed by atoms with Crippen molar-refractivity contribution in [2.24, 2.45) is 0 Å². The Labute approximate surface area is 182 Å². The van der Waals surface area contributed by atoms with E-state index in [0.717, 1.165) is 5.56 Å². The van der Waals surface area contributed by atoms with Crippen molar-refractivity contribution < 1.29 is 24.0 Å². The van der Waals surface area contributed by atoms with Gasteiger partial charge in [0.2, 0.25) is 5.95 Å². The normalized spacial score (nSPS) is 27.5. The lowest BCUT2D eigenvalue weighted by atomic mass is 9.96. The van der Waals surface area contributed by atoms with Gasteiger partial charge in [0.1, 0.15) is 17.8 Å². The Morgan fingerprint density at radius 2 is 2.16 bits per heavy atom. The summed E-state index contributed by atoms with van der Waals surface area (Å²) in [6, 6.07) is 9.30. The minimum atomic E-state index is -3.48. The molecule has 1 fully saturated rings. The fourth-order valence-corrected chi connectivity index (χ4v) is 4.44. The summed E-state index contributed by atoms with van der Waals surface area (Å²) in [4.78, 5) is 22.4. The quantitative estimate of drug-likeness (QED) is 0.245. The van der Waals surface area contributed by atoms with Crippen LogP contribution in [0.5, 0.6) is 0 Å². The zero-order valence-electron chi connectivity index (χ0n) is 17.2. The number of nitrogens with zero attached hydrogens (tertiary/aromatic N) is 3. The van der Waals surface area contributed by atoms with Crippen LogP contribution in [0.3, 0.4) is 0 Å². The van der Waals surface area contributed by atoms with E-state index in [4.69, 9.17) is 15.0 Å². The number of hydrogen-bond acceptors (Lipinski definition) is 9. The molecule has 12 nitrogen and oxygen atoms in total. The maximum Gasteiger partial charge on any atom is 0.443 e. The van der Waals surface area contributed by atoms with Gasteiger partial charge in [-0.3, -0.25) is 18.9 Å². The van der Waals surface area contributed by atoms with Crippen LogP contribution in [0.2, 0.25) is 0 Å². The molecule has 0 bridgehead atoms. The topological polar surface area (TPSA) is 178 Å². The number of benzene rings is 1. The molecule has 0 saturated carbocycles. The van der Waals surface area contributed by atoms with Crippen molar-refractivity contribution in [2.45, 2.75) is 37.5 Å². The average molecular weight is 463 g/mol. The molecule has 5 atom stereocenters. The van der Waals surface area contributed by atoms with Crippen LogP contribution in [-0.4, -0.2) is 54.1 Å². The van der Waals surface area contributed by atoms with Crippen LogP contribution in [0.15, 0.2) is 41.5 Å². The number of anilines is 1. The van der Waals surface area contributed by atoms with Crippen molar-refractivity contribution in [1.82, 2.24) is 24.6 Å². The van der Waals surface area contributed by atoms with Crippen molar-refractivity contribution >= 4 is 24.6 Å². The Kier molecular flexibility index (Phi) is 5.84. The molecule has 0 spiro atoms. The molecule has 5 unspecified atom stereocenters. The molecule has 3 aromatic rings. The molecule has 1 aliphatic rings. The van der Waals surface area contributed by atoms with E-state index in [1.807, 2.05) is 30.3 Å². The summed E-state index contributed by atoms with van der Waals surface area (Å²) in [5.74, 6) is -0.134. The van der Waals surface area contributed by atoms with Crippen LogP contribution in [-0.2, 0) is 20.4 Å². The SMILES string of the molecule is [CH2+]P(=O)(NCc1ccccc1)OCC1OC(n2cnc3c(=O)[nH]c(N)nc32)C(C)(O)C1O. The maximum atomic E-state index is 12.7. The van der Waals surface area contributed by atoms with Crippen molar-refractivity contribution in [3.8, 4) is 0 Å². The Balaban J connectivity index is 1.48. The van der Waals surface area contributed by atoms with Gasteiger partial charge >= 0.3 is 7.52 Å². The lowest BCUT2D eigenvalue weighted by Crippen LogP contribution is -2.44. The van der Waals surface area contributed by atoms with E-state index in [0.29, 0.717) is 0 Å². The van der Waals surface area contributed by atoms with Gasteiger partial charge < -0.3 is 20.7 Å². The number of nitrogens with two attached hydrogens (primary N) is 1. The fourth-order valence-electron chi connectivity index (χ4n) is 3.54. The first-order valence-electron chi connectivity index (χ1n) is 9.75. The summed E-state index contributed by atoms with van der Waals surface area (Å²) in [6.45, 7) is 4.92. The van der Waals surface area contributed by atoms with Gasteiger partial charge in [0.05, 0.1) is 12.9 Å². The number of imidazole rings is 1. The zero-order chi connectivity index (χ0) is 23.1. The third-order valence-electron chi connectivity index (χ3n) is 5.27. The highest BCUT2D eigenvalue weighted by molar-refractivity contribution is 7.58. The molecular weight excluding hydrogens is 439 g/mol. The molecule has 0 aliphatic carbocycles. The summed E-state index contributed by atoms with van der Waals surface area (Å²) < 4.78 is 25.2. The maximum absolute atomic E-state index is 12.7. The molecule has 1 aliphatic heterocycles. The van der Waals surface area contributed by atoms with E-state index >= 15 is 0 Å². The summed E-state index contributed by atoms with van der Waals surface area (Å²) in [7, 11) is -3.48. The Hall–Kier alpha value is -2.73. The largest absolute Gasteiger partial charge is 0.443 e. The number of rotatable bonds is 7. The first-order valence-corrected chi connectivity index (χ1v) is 11.6. The number of nitrogens with one attached hydrogen (secondary N) is 2. The molecule has 6 N–H and O–H groups in total. The molecule has 32 heavy (non-hydrogen) atoms. The van der Waals surface area contributed by atoms with Gasteiger partial charge in [0.25, 0.3) is 5.56 Å². The van der Waals surface area contributed by atoms with Crippen LogP contribution < -0.4 is 16.4 Å². The van der Waals surface area contributed by atoms with Gasteiger partial charge in [-0.1, -0.05) is 30.3 Å². The van der Waals surface area contributed by atoms with Crippen LogP contribution in [0.4, 0.5) is 5.95 Å². The monoisotopic (exact) mass is 463 g/mol. The molecular formula is C19H24N6O6P+. The molecule has 170 valence electrons. The summed E-state index contributed by atoms with van der Waals surface area (Å²) in [5, 5.41) is 24.3. The number of fused-ring (bicyclic) bond motifs is 1. The third-order valence-corrected chi connectivity index (χ3v) is 6.48. The number of aromatic amines is 1. The fraction of sp³-hybridized carbons (Fsp3) is 0.368. The van der Waals surface area contributed by atoms with Gasteiger partial charge in [0.15, 0.2) is 24.1 Å². The highest BCUT2D eigenvalue weighted by Gasteiger charge is 2.54. The molecule has 0 amide bonds. The minimum Gasteiger partial charge on any atom is -0.387 e. The number of aliphatic hydroxyl groups is 2. The number of nitrogen functional groups attached to an aromatic ring is 1. The molecule has 2 aromatic heterocycles. The Bertz CT molecular complexity index is 1210. The Morgan fingerprint density at radius 1 is 1.44 bits per heavy atom. The minimum absolute atomic E-state index is 0.000149. The molecule has 4 rings (SSSR count). The average Bonchev–Trinajstić information content (AvgIpc) is 3.25. The standard InChI is InChI=1S/C19H23N6O6P/c1-19(28)14(26)12(9-30-32(2,29)22-8-11-6-4-3-5-7-11)31-17(19)25-10-21-13-15(25)23-18(20)24-16(13)27/h3-7,10,12,14,17,26,28H,2,8-9H2,1H3,(H3-,20,22,23,24,27,29)/p+1. The first kappa shape index (κ1) is 22.5. The summed E-state index contributed by atoms with van der Waals surface area (Å²) in [5.41, 5.74) is 4.24. The lowest BCUT2D eigenvalue weighted by Gasteiger charge is -2.27. The van der Waals surface area contributed by atoms with E-state index in [1.165, 1.54) is 17.8 Å². The van der Waals surface area contributed by atoms with Crippen LogP contribution >= 0.6 is 7.52 Å². The second kappa shape index (κ2) is 8.32. The van der Waals surface area contributed by atoms with E-state index in [1.54, 1.807) is 0 Å². The molecule has 0 radical (unpaired) electrons. The van der Waals surface area contributed by atoms with E-state index < -0.39 is 37.1 Å². The van der Waals surface area contributed by atoms with Gasteiger partial charge in [-0.2, -0.15) is 4.98 Å². The van der Waals surface area contributed by atoms with E-state index in [2.05, 4.69) is 26.7 Å². The van der Waals surface area contributed by atoms with Crippen molar-refractivity contribution in [1.29, 1.82) is 0 Å². The first-order chi connectivity index (χ1) is 15.1. The predicted octanol–water partition coefficient (Wildman–Crippen LogP) is 0.502. The Morgan fingerprint density at radius 3 is 2.88 bits per heavy atom. The highest BCUT2D eigenvalue weighted by atomic mass is 31.2. The summed E-state index contributed by atoms with van der Waals surface area (Å²) >= 11 is 0. The van der Waals surface area contributed by atoms with Gasteiger partial charge in [0, 0.05) is 6.54 Å². The van der Waals surface area contributed by atoms with Crippen molar-refractivity contribution in [3.05, 3.63) is 59.2 Å². The van der Waals surface area contributed by atoms with Crippen molar-refractivity contribution in [3.63, 3.8) is 0 Å². The molecule has 13 heteroatoms. The second-order valence-electron chi connectivity index (χ2n) is 7.76. The molecule has 1 saturated heterocycles. The lowest BCUT2D eigenvalue weighted by molar-refractivity contribution is -0.0947. The van der Waals surface area contributed by atoms with Crippen molar-refractivity contribution in [2.75, 3.05) is 12.3 Å². The van der Waals surface area contributed by atoms with Gasteiger partial charge in [-0.15, -0.1) is 0 Å².